The maximum absolute atomic E-state index is 10.5. The topological polar surface area (TPSA) is 66.4 Å². The van der Waals surface area contributed by atoms with Crippen molar-refractivity contribution in [3.8, 4) is 0 Å². The van der Waals surface area contributed by atoms with E-state index in [1.165, 1.54) is 48.1 Å². The third-order valence-corrected chi connectivity index (χ3v) is 5.40. The Hall–Kier alpha value is -1.21. The van der Waals surface area contributed by atoms with E-state index >= 15 is 0 Å². The molecular weight excluding hydrogens is 390 g/mol. The first-order valence-corrected chi connectivity index (χ1v) is 10.1. The van der Waals surface area contributed by atoms with E-state index in [0.29, 0.717) is 0 Å². The lowest BCUT2D eigenvalue weighted by atomic mass is 9.90. The van der Waals surface area contributed by atoms with Gasteiger partial charge in [-0.3, -0.25) is 4.55 Å². The second kappa shape index (κ2) is 8.76. The number of rotatable bonds is 2. The fraction of sp³-hybridized carbons (Fsp3) is 0.333. The minimum atomic E-state index is -4.02. The summed E-state index contributed by atoms with van der Waals surface area (Å²) in [7, 11) is -4.02. The Morgan fingerprint density at radius 3 is 2.04 bits per heavy atom. The van der Waals surface area contributed by atoms with Gasteiger partial charge in [-0.2, -0.15) is 8.42 Å². The lowest BCUT2D eigenvalue weighted by molar-refractivity contribution is 0.460. The molecule has 0 amide bonds. The molecule has 0 saturated carbocycles. The average molecular weight is 412 g/mol. The molecule has 0 aromatic heterocycles. The minimum absolute atomic E-state index is 0.0666. The first kappa shape index (κ1) is 19.1. The normalized spacial score (nSPS) is 15.5. The number of hydrogen-bond acceptors (Lipinski definition) is 3. The second-order valence-electron chi connectivity index (χ2n) is 5.86. The van der Waals surface area contributed by atoms with Gasteiger partial charge in [-0.25, -0.2) is 0 Å². The van der Waals surface area contributed by atoms with Gasteiger partial charge in [0.15, 0.2) is 0 Å². The van der Waals surface area contributed by atoms with Crippen LogP contribution in [0.2, 0.25) is 0 Å². The third-order valence-electron chi connectivity index (χ3n) is 4.00. The van der Waals surface area contributed by atoms with E-state index in [1.807, 2.05) is 6.92 Å². The molecule has 24 heavy (non-hydrogen) atoms. The standard InChI is InChI=1S/C11H14BrN.C7H8O3S/c12-11-3-1-9(2-4-11)10-5-7-13-8-6-10;1-6-2-4-7(5-3-6)11(8,9)10/h1-4,10,13H,5-8H2;2-5H,1H3,(H,8,9,10). The van der Waals surface area contributed by atoms with Crippen LogP contribution < -0.4 is 5.32 Å². The molecule has 1 saturated heterocycles. The number of nitrogens with one attached hydrogen (secondary N) is 1. The zero-order valence-corrected chi connectivity index (χ0v) is 16.0. The SMILES string of the molecule is Brc1ccc(C2CCNCC2)cc1.Cc1ccc(S(=O)(=O)O)cc1. The van der Waals surface area contributed by atoms with Gasteiger partial charge >= 0.3 is 0 Å². The number of aryl methyl sites for hydroxylation is 1. The van der Waals surface area contributed by atoms with E-state index < -0.39 is 10.1 Å². The average Bonchev–Trinajstić information content (AvgIpc) is 2.56. The first-order chi connectivity index (χ1) is 11.4. The molecule has 0 unspecified atom stereocenters. The molecule has 0 atom stereocenters. The van der Waals surface area contributed by atoms with Crippen LogP contribution in [-0.2, 0) is 10.1 Å². The van der Waals surface area contributed by atoms with Crippen molar-refractivity contribution in [1.82, 2.24) is 5.32 Å². The lowest BCUT2D eigenvalue weighted by Gasteiger charge is -2.22. The maximum Gasteiger partial charge on any atom is 0.294 e. The van der Waals surface area contributed by atoms with Crippen LogP contribution in [0.1, 0.15) is 29.9 Å². The Morgan fingerprint density at radius 1 is 1.00 bits per heavy atom. The summed E-state index contributed by atoms with van der Waals surface area (Å²) in [6.07, 6.45) is 2.56. The van der Waals surface area contributed by atoms with Gasteiger partial charge in [0, 0.05) is 4.47 Å². The van der Waals surface area contributed by atoms with E-state index in [2.05, 4.69) is 45.5 Å². The number of piperidine rings is 1. The molecule has 0 bridgehead atoms. The fourth-order valence-corrected chi connectivity index (χ4v) is 3.34. The van der Waals surface area contributed by atoms with E-state index in [1.54, 1.807) is 12.1 Å². The van der Waals surface area contributed by atoms with Gasteiger partial charge < -0.3 is 5.32 Å². The monoisotopic (exact) mass is 411 g/mol. The van der Waals surface area contributed by atoms with Crippen molar-refractivity contribution in [2.24, 2.45) is 0 Å². The fourth-order valence-electron chi connectivity index (χ4n) is 2.60. The Kier molecular flexibility index (Phi) is 6.98. The van der Waals surface area contributed by atoms with Crippen molar-refractivity contribution in [2.45, 2.75) is 30.6 Å². The van der Waals surface area contributed by atoms with Gasteiger partial charge in [0.1, 0.15) is 0 Å². The number of hydrogen-bond donors (Lipinski definition) is 2. The first-order valence-electron chi connectivity index (χ1n) is 7.86. The minimum Gasteiger partial charge on any atom is -0.317 e. The zero-order chi connectivity index (χ0) is 17.6. The number of halogens is 1. The molecule has 0 spiro atoms. The van der Waals surface area contributed by atoms with Crippen LogP contribution in [-0.4, -0.2) is 26.1 Å². The Bertz CT molecular complexity index is 737. The highest BCUT2D eigenvalue weighted by Crippen LogP contribution is 2.26. The van der Waals surface area contributed by atoms with Crippen LogP contribution in [0.4, 0.5) is 0 Å². The molecule has 3 rings (SSSR count). The van der Waals surface area contributed by atoms with Crippen molar-refractivity contribution in [2.75, 3.05) is 13.1 Å². The number of benzene rings is 2. The molecule has 4 nitrogen and oxygen atoms in total. The van der Waals surface area contributed by atoms with Gasteiger partial charge in [0.25, 0.3) is 10.1 Å². The van der Waals surface area contributed by atoms with E-state index in [0.717, 1.165) is 11.5 Å². The van der Waals surface area contributed by atoms with E-state index in [4.69, 9.17) is 4.55 Å². The van der Waals surface area contributed by atoms with Crippen molar-refractivity contribution in [1.29, 1.82) is 0 Å². The molecule has 6 heteroatoms. The van der Waals surface area contributed by atoms with Crippen LogP contribution in [0, 0.1) is 6.92 Å². The quantitative estimate of drug-likeness (QED) is 0.728. The predicted molar refractivity (Wildman–Crippen MR) is 100.0 cm³/mol. The highest BCUT2D eigenvalue weighted by molar-refractivity contribution is 9.10. The van der Waals surface area contributed by atoms with Gasteiger partial charge in [-0.15, -0.1) is 0 Å². The summed E-state index contributed by atoms with van der Waals surface area (Å²) in [6.45, 7) is 4.18. The Balaban J connectivity index is 0.000000177. The molecule has 2 N–H and O–H groups in total. The van der Waals surface area contributed by atoms with Gasteiger partial charge in [-0.1, -0.05) is 45.8 Å². The van der Waals surface area contributed by atoms with Gasteiger partial charge in [0.2, 0.25) is 0 Å². The summed E-state index contributed by atoms with van der Waals surface area (Å²) in [5.74, 6) is 0.773. The summed E-state index contributed by atoms with van der Waals surface area (Å²) >= 11 is 3.46. The summed E-state index contributed by atoms with van der Waals surface area (Å²) in [5.41, 5.74) is 2.45. The smallest absolute Gasteiger partial charge is 0.294 e. The predicted octanol–water partition coefficient (Wildman–Crippen LogP) is 4.16. The molecule has 1 aliphatic rings. The van der Waals surface area contributed by atoms with E-state index in [-0.39, 0.29) is 4.90 Å². The summed E-state index contributed by atoms with van der Waals surface area (Å²) in [4.78, 5) is -0.0666. The molecule has 1 fully saturated rings. The largest absolute Gasteiger partial charge is 0.317 e. The third kappa shape index (κ3) is 6.02. The summed E-state index contributed by atoms with van der Waals surface area (Å²) < 4.78 is 30.7. The highest BCUT2D eigenvalue weighted by atomic mass is 79.9. The molecule has 1 heterocycles. The van der Waals surface area contributed by atoms with Crippen LogP contribution in [0.25, 0.3) is 0 Å². The second-order valence-corrected chi connectivity index (χ2v) is 8.20. The van der Waals surface area contributed by atoms with Crippen LogP contribution in [0.5, 0.6) is 0 Å². The Labute approximate surface area is 152 Å². The van der Waals surface area contributed by atoms with Crippen molar-refractivity contribution in [3.63, 3.8) is 0 Å². The van der Waals surface area contributed by atoms with Gasteiger partial charge in [-0.05, 0) is 68.6 Å². The molecule has 2 aromatic carbocycles. The maximum atomic E-state index is 10.5. The zero-order valence-electron chi connectivity index (χ0n) is 13.6. The van der Waals surface area contributed by atoms with Gasteiger partial charge in [0.05, 0.1) is 4.90 Å². The van der Waals surface area contributed by atoms with Crippen LogP contribution in [0.3, 0.4) is 0 Å². The van der Waals surface area contributed by atoms with Crippen molar-refractivity contribution < 1.29 is 13.0 Å². The molecule has 2 aromatic rings. The van der Waals surface area contributed by atoms with Crippen molar-refractivity contribution >= 4 is 26.0 Å². The van der Waals surface area contributed by atoms with Crippen LogP contribution >= 0.6 is 15.9 Å². The molecule has 0 aliphatic carbocycles. The highest BCUT2D eigenvalue weighted by Gasteiger charge is 2.14. The molecule has 0 radical (unpaired) electrons. The summed E-state index contributed by atoms with van der Waals surface area (Å²) in [6, 6.07) is 14.7. The van der Waals surface area contributed by atoms with E-state index in [9.17, 15) is 8.42 Å². The molecule has 130 valence electrons. The molecular formula is C18H22BrNO3S. The lowest BCUT2D eigenvalue weighted by Crippen LogP contribution is -2.26. The van der Waals surface area contributed by atoms with Crippen LogP contribution in [0.15, 0.2) is 57.9 Å². The molecule has 1 aliphatic heterocycles. The van der Waals surface area contributed by atoms with Crippen molar-refractivity contribution in [3.05, 3.63) is 64.1 Å². The Morgan fingerprint density at radius 2 is 1.54 bits per heavy atom. The summed E-state index contributed by atoms with van der Waals surface area (Å²) in [5, 5.41) is 3.39.